The Morgan fingerprint density at radius 2 is 1.98 bits per heavy atom. The van der Waals surface area contributed by atoms with Crippen LogP contribution in [0.25, 0.3) is 21.9 Å². The van der Waals surface area contributed by atoms with Gasteiger partial charge in [-0.2, -0.15) is 9.97 Å². The molecule has 1 fully saturated rings. The zero-order valence-electron chi connectivity index (χ0n) is 24.8. The molecule has 1 aliphatic rings. The molecular formula is C28H35FN7O6PS. The van der Waals surface area contributed by atoms with Gasteiger partial charge in [-0.25, -0.2) is 14.5 Å². The third-order valence-corrected chi connectivity index (χ3v) is 9.56. The zero-order valence-corrected chi connectivity index (χ0v) is 26.5. The molecule has 1 aliphatic heterocycles. The number of carbonyl (C=O) groups excluding carboxylic acids is 1. The van der Waals surface area contributed by atoms with Crippen molar-refractivity contribution in [3.63, 3.8) is 0 Å². The van der Waals surface area contributed by atoms with Crippen LogP contribution in [0, 0.1) is 0 Å². The molecule has 1 unspecified atom stereocenters. The number of nitrogens with zero attached hydrogens (tertiary/aromatic N) is 4. The predicted molar refractivity (Wildman–Crippen MR) is 167 cm³/mol. The highest BCUT2D eigenvalue weighted by Crippen LogP contribution is 2.49. The monoisotopic (exact) mass is 647 g/mol. The molecule has 0 radical (unpaired) electrons. The van der Waals surface area contributed by atoms with Gasteiger partial charge in [-0.05, 0) is 51.0 Å². The van der Waals surface area contributed by atoms with E-state index in [1.54, 1.807) is 33.9 Å². The fraction of sp³-hybridized carbons (Fsp3) is 0.429. The lowest BCUT2D eigenvalue weighted by Crippen LogP contribution is -2.41. The Morgan fingerprint density at radius 3 is 2.70 bits per heavy atom. The summed E-state index contributed by atoms with van der Waals surface area (Å²) in [6.45, 7) is 2.33. The van der Waals surface area contributed by atoms with Crippen molar-refractivity contribution in [1.29, 1.82) is 0 Å². The van der Waals surface area contributed by atoms with E-state index in [4.69, 9.17) is 36.1 Å². The maximum atomic E-state index is 16.2. The number of carbonyl (C=O) groups is 1. The first-order chi connectivity index (χ1) is 20.8. The van der Waals surface area contributed by atoms with E-state index in [0.717, 1.165) is 10.8 Å². The minimum absolute atomic E-state index is 0.0509. The molecule has 2 aromatic carbocycles. The average Bonchev–Trinajstić information content (AvgIpc) is 3.48. The quantitative estimate of drug-likeness (QED) is 0.137. The van der Waals surface area contributed by atoms with E-state index in [0.29, 0.717) is 17.1 Å². The lowest BCUT2D eigenvalue weighted by Gasteiger charge is -2.28. The van der Waals surface area contributed by atoms with Gasteiger partial charge in [0.1, 0.15) is 24.0 Å². The Hall–Kier alpha value is -3.46. The smallest absolute Gasteiger partial charge is 0.323 e. The highest BCUT2D eigenvalue weighted by molar-refractivity contribution is 8.09. The lowest BCUT2D eigenvalue weighted by atomic mass is 9.98. The van der Waals surface area contributed by atoms with Crippen LogP contribution in [0.3, 0.4) is 0 Å². The summed E-state index contributed by atoms with van der Waals surface area (Å²) in [6, 6.07) is 12.1. The Balaban J connectivity index is 1.42. The van der Waals surface area contributed by atoms with Crippen LogP contribution in [0.15, 0.2) is 48.8 Å². The standard InChI is InChI=1S/C28H35FN7O6PS/c1-15(2)40-25(38)16(3)35-43(44,42-19-12-8-10-17-9-6-7-11-18(17)19)39-13-20-22(37)28(4,29)26(41-20)36-14-32-21-23(31-5)33-27(30)34-24(21)36/h6-12,14-16,20,22,26,37H,13H2,1-5H3,(H,35,44)(H3,30,31,33,34)/t16-,20+,22+,26+,28+,43?/m0/s1. The Morgan fingerprint density at radius 1 is 1.25 bits per heavy atom. The Labute approximate surface area is 258 Å². The summed E-state index contributed by atoms with van der Waals surface area (Å²) in [5.41, 5.74) is 4.12. The van der Waals surface area contributed by atoms with E-state index in [9.17, 15) is 9.90 Å². The van der Waals surface area contributed by atoms with Gasteiger partial charge in [-0.3, -0.25) is 9.36 Å². The number of nitrogen functional groups attached to an aromatic ring is 1. The molecule has 5 N–H and O–H groups in total. The van der Waals surface area contributed by atoms with Crippen molar-refractivity contribution in [3.8, 4) is 5.75 Å². The molecule has 236 valence electrons. The summed E-state index contributed by atoms with van der Waals surface area (Å²) >= 11 is 5.86. The second-order valence-corrected chi connectivity index (χ2v) is 14.0. The first-order valence-electron chi connectivity index (χ1n) is 13.9. The van der Waals surface area contributed by atoms with E-state index in [2.05, 4.69) is 25.4 Å². The number of nitrogens with one attached hydrogen (secondary N) is 2. The summed E-state index contributed by atoms with van der Waals surface area (Å²) in [7, 11) is 1.64. The number of anilines is 2. The molecule has 0 amide bonds. The minimum Gasteiger partial charge on any atom is -0.462 e. The molecule has 13 nitrogen and oxygen atoms in total. The highest BCUT2D eigenvalue weighted by Gasteiger charge is 2.56. The molecule has 0 saturated carbocycles. The van der Waals surface area contributed by atoms with Crippen molar-refractivity contribution in [2.45, 2.75) is 63.9 Å². The number of benzene rings is 2. The number of aromatic nitrogens is 4. The zero-order chi connectivity index (χ0) is 31.8. The molecule has 16 heteroatoms. The van der Waals surface area contributed by atoms with E-state index in [-0.39, 0.29) is 24.3 Å². The van der Waals surface area contributed by atoms with Crippen LogP contribution >= 0.6 is 6.64 Å². The SMILES string of the molecule is CNc1nc(N)nc2c1ncn2[C@@H]1O[C@H](COP(=S)(N[C@@H](C)C(=O)OC(C)C)Oc2cccc3ccccc23)[C@@H](O)[C@@]1(C)F. The molecule has 0 bridgehead atoms. The van der Waals surface area contributed by atoms with Crippen molar-refractivity contribution >= 4 is 58.1 Å². The second kappa shape index (κ2) is 12.5. The molecule has 1 saturated heterocycles. The summed E-state index contributed by atoms with van der Waals surface area (Å²) in [5.74, 6) is 0.173. The van der Waals surface area contributed by atoms with Gasteiger partial charge in [0.15, 0.2) is 28.9 Å². The maximum Gasteiger partial charge on any atom is 0.323 e. The summed E-state index contributed by atoms with van der Waals surface area (Å²) in [5, 5.41) is 18.6. The third kappa shape index (κ3) is 6.34. The van der Waals surface area contributed by atoms with Crippen LogP contribution in [-0.4, -0.2) is 74.3 Å². The molecule has 4 aromatic rings. The van der Waals surface area contributed by atoms with Gasteiger partial charge in [0.2, 0.25) is 5.95 Å². The fourth-order valence-electron chi connectivity index (χ4n) is 4.92. The summed E-state index contributed by atoms with van der Waals surface area (Å²) in [6.07, 6.45) is -3.18. The Bertz CT molecular complexity index is 1720. The van der Waals surface area contributed by atoms with Crippen molar-refractivity contribution in [1.82, 2.24) is 24.6 Å². The van der Waals surface area contributed by atoms with Gasteiger partial charge in [-0.15, -0.1) is 0 Å². The van der Waals surface area contributed by atoms with E-state index >= 15 is 4.39 Å². The molecule has 0 spiro atoms. The molecule has 6 atom stereocenters. The molecule has 5 rings (SSSR count). The number of hydrogen-bond donors (Lipinski definition) is 4. The number of hydrogen-bond acceptors (Lipinski definition) is 12. The van der Waals surface area contributed by atoms with Crippen LogP contribution in [0.2, 0.25) is 0 Å². The molecule has 2 aromatic heterocycles. The number of nitrogens with two attached hydrogens (primary N) is 1. The second-order valence-electron chi connectivity index (χ2n) is 10.8. The topological polar surface area (TPSA) is 168 Å². The van der Waals surface area contributed by atoms with Crippen LogP contribution in [0.4, 0.5) is 16.2 Å². The van der Waals surface area contributed by atoms with Crippen molar-refractivity contribution < 1.29 is 32.8 Å². The van der Waals surface area contributed by atoms with Gasteiger partial charge in [0, 0.05) is 12.4 Å². The average molecular weight is 648 g/mol. The minimum atomic E-state index is -3.55. The summed E-state index contributed by atoms with van der Waals surface area (Å²) in [4.78, 5) is 25.3. The van der Waals surface area contributed by atoms with E-state index < -0.39 is 42.8 Å². The van der Waals surface area contributed by atoms with Crippen LogP contribution in [0.1, 0.15) is 33.9 Å². The number of fused-ring (bicyclic) bond motifs is 2. The normalized spacial score (nSPS) is 24.0. The maximum absolute atomic E-state index is 16.2. The lowest BCUT2D eigenvalue weighted by molar-refractivity contribution is -0.149. The number of esters is 1. The number of imidazole rings is 1. The largest absolute Gasteiger partial charge is 0.462 e. The van der Waals surface area contributed by atoms with Gasteiger partial charge in [0.25, 0.3) is 0 Å². The number of halogens is 1. The number of ether oxygens (including phenoxy) is 2. The van der Waals surface area contributed by atoms with Crippen LogP contribution in [0.5, 0.6) is 5.75 Å². The molecule has 0 aliphatic carbocycles. The molecular weight excluding hydrogens is 612 g/mol. The van der Waals surface area contributed by atoms with Crippen molar-refractivity contribution in [2.75, 3.05) is 24.7 Å². The Kier molecular flexibility index (Phi) is 9.08. The van der Waals surface area contributed by atoms with Crippen molar-refractivity contribution in [3.05, 3.63) is 48.8 Å². The number of aliphatic hydroxyl groups excluding tert-OH is 1. The van der Waals surface area contributed by atoms with E-state index in [1.165, 1.54) is 17.8 Å². The molecule has 3 heterocycles. The predicted octanol–water partition coefficient (Wildman–Crippen LogP) is 3.84. The fourth-order valence-corrected chi connectivity index (χ4v) is 7.34. The van der Waals surface area contributed by atoms with Crippen molar-refractivity contribution in [2.24, 2.45) is 0 Å². The number of rotatable bonds is 11. The first-order valence-corrected chi connectivity index (χ1v) is 16.6. The first kappa shape index (κ1) is 31.9. The highest BCUT2D eigenvalue weighted by atomic mass is 32.5. The van der Waals surface area contributed by atoms with Gasteiger partial charge in [-0.1, -0.05) is 36.4 Å². The van der Waals surface area contributed by atoms with Gasteiger partial charge in [0.05, 0.1) is 19.0 Å². The summed E-state index contributed by atoms with van der Waals surface area (Å²) < 4.78 is 41.3. The van der Waals surface area contributed by atoms with Gasteiger partial charge < -0.3 is 34.7 Å². The number of aliphatic hydroxyl groups is 1. The van der Waals surface area contributed by atoms with Gasteiger partial charge >= 0.3 is 12.6 Å². The van der Waals surface area contributed by atoms with Crippen LogP contribution in [-0.2, 0) is 30.6 Å². The van der Waals surface area contributed by atoms with Crippen LogP contribution < -0.4 is 20.7 Å². The van der Waals surface area contributed by atoms with E-state index in [1.807, 2.05) is 36.4 Å². The third-order valence-electron chi connectivity index (χ3n) is 7.08. The molecule has 44 heavy (non-hydrogen) atoms. The number of alkyl halides is 1.